The van der Waals surface area contributed by atoms with Gasteiger partial charge >= 0.3 is 0 Å². The summed E-state index contributed by atoms with van der Waals surface area (Å²) >= 11 is 0. The SMILES string of the molecule is Cc1ccc(Cc2c3ccccc3cc[n+]2C)cc1C. The Balaban J connectivity index is 2.10. The third kappa shape index (κ3) is 2.32. The second-order valence-corrected chi connectivity index (χ2v) is 5.56. The number of benzene rings is 2. The summed E-state index contributed by atoms with van der Waals surface area (Å²) in [6, 6.07) is 17.6. The molecule has 3 rings (SSSR count). The third-order valence-electron chi connectivity index (χ3n) is 4.12. The fourth-order valence-corrected chi connectivity index (χ4v) is 2.70. The van der Waals surface area contributed by atoms with Crippen molar-refractivity contribution in [2.24, 2.45) is 7.05 Å². The zero-order chi connectivity index (χ0) is 14.1. The summed E-state index contributed by atoms with van der Waals surface area (Å²) in [6.07, 6.45) is 3.12. The Kier molecular flexibility index (Phi) is 3.27. The summed E-state index contributed by atoms with van der Waals surface area (Å²) in [6.45, 7) is 4.35. The zero-order valence-corrected chi connectivity index (χ0v) is 12.4. The summed E-state index contributed by atoms with van der Waals surface area (Å²) < 4.78 is 2.23. The highest BCUT2D eigenvalue weighted by atomic mass is 14.9. The van der Waals surface area contributed by atoms with Crippen molar-refractivity contribution in [3.8, 4) is 0 Å². The standard InChI is InChI=1S/C19H20N/c1-14-8-9-16(12-15(14)2)13-19-18-7-5-4-6-17(18)10-11-20(19)3/h4-12H,13H2,1-3H3/q+1. The van der Waals surface area contributed by atoms with Crippen molar-refractivity contribution in [3.05, 3.63) is 77.1 Å². The average molecular weight is 262 g/mol. The van der Waals surface area contributed by atoms with Crippen LogP contribution in [0.3, 0.4) is 0 Å². The normalized spacial score (nSPS) is 10.9. The minimum Gasteiger partial charge on any atom is -0.204 e. The fourth-order valence-electron chi connectivity index (χ4n) is 2.70. The molecule has 0 aliphatic heterocycles. The summed E-state index contributed by atoms with van der Waals surface area (Å²) in [5.74, 6) is 0. The zero-order valence-electron chi connectivity index (χ0n) is 12.4. The van der Waals surface area contributed by atoms with Gasteiger partial charge in [-0.25, -0.2) is 4.57 Å². The number of rotatable bonds is 2. The van der Waals surface area contributed by atoms with Crippen molar-refractivity contribution in [2.45, 2.75) is 20.3 Å². The number of fused-ring (bicyclic) bond motifs is 1. The van der Waals surface area contributed by atoms with Gasteiger partial charge in [0.15, 0.2) is 11.9 Å². The van der Waals surface area contributed by atoms with Gasteiger partial charge in [0.25, 0.3) is 0 Å². The highest BCUT2D eigenvalue weighted by Gasteiger charge is 2.12. The highest BCUT2D eigenvalue weighted by Crippen LogP contribution is 2.19. The third-order valence-corrected chi connectivity index (χ3v) is 4.12. The van der Waals surface area contributed by atoms with Gasteiger partial charge < -0.3 is 0 Å². The van der Waals surface area contributed by atoms with Crippen LogP contribution in [0.2, 0.25) is 0 Å². The van der Waals surface area contributed by atoms with Gasteiger partial charge in [0.1, 0.15) is 7.05 Å². The summed E-state index contributed by atoms with van der Waals surface area (Å²) in [7, 11) is 2.13. The molecule has 0 radical (unpaired) electrons. The Bertz CT molecular complexity index is 772. The van der Waals surface area contributed by atoms with Gasteiger partial charge in [-0.3, -0.25) is 0 Å². The maximum Gasteiger partial charge on any atom is 0.193 e. The van der Waals surface area contributed by atoms with Crippen LogP contribution < -0.4 is 4.57 Å². The number of aryl methyl sites for hydroxylation is 3. The molecule has 1 aromatic heterocycles. The first kappa shape index (κ1) is 12.9. The van der Waals surface area contributed by atoms with E-state index >= 15 is 0 Å². The van der Waals surface area contributed by atoms with E-state index in [4.69, 9.17) is 0 Å². The van der Waals surface area contributed by atoms with E-state index < -0.39 is 0 Å². The molecule has 100 valence electrons. The van der Waals surface area contributed by atoms with Crippen LogP contribution in [0, 0.1) is 13.8 Å². The van der Waals surface area contributed by atoms with Crippen molar-refractivity contribution in [3.63, 3.8) is 0 Å². The van der Waals surface area contributed by atoms with Crippen LogP contribution in [0.15, 0.2) is 54.7 Å². The van der Waals surface area contributed by atoms with Crippen molar-refractivity contribution >= 4 is 10.8 Å². The average Bonchev–Trinajstić information content (AvgIpc) is 2.46. The van der Waals surface area contributed by atoms with E-state index in [2.05, 4.69) is 80.2 Å². The van der Waals surface area contributed by atoms with Gasteiger partial charge in [-0.2, -0.15) is 0 Å². The first-order chi connectivity index (χ1) is 9.65. The molecule has 0 amide bonds. The number of aromatic nitrogens is 1. The molecular weight excluding hydrogens is 242 g/mol. The number of hydrogen-bond acceptors (Lipinski definition) is 0. The van der Waals surface area contributed by atoms with Crippen LogP contribution in [-0.2, 0) is 13.5 Å². The molecule has 0 N–H and O–H groups in total. The molecule has 1 heterocycles. The van der Waals surface area contributed by atoms with Crippen molar-refractivity contribution in [2.75, 3.05) is 0 Å². The van der Waals surface area contributed by atoms with E-state index in [0.717, 1.165) is 6.42 Å². The van der Waals surface area contributed by atoms with Crippen LogP contribution in [0.25, 0.3) is 10.8 Å². The molecule has 0 aliphatic rings. The molecule has 0 fully saturated rings. The minimum absolute atomic E-state index is 0.971. The molecule has 2 aromatic carbocycles. The van der Waals surface area contributed by atoms with E-state index in [1.54, 1.807) is 0 Å². The maximum atomic E-state index is 2.30. The number of pyridine rings is 1. The van der Waals surface area contributed by atoms with Crippen molar-refractivity contribution in [1.82, 2.24) is 0 Å². The van der Waals surface area contributed by atoms with Crippen LogP contribution in [0.5, 0.6) is 0 Å². The van der Waals surface area contributed by atoms with Gasteiger partial charge in [0.2, 0.25) is 0 Å². The molecule has 1 nitrogen and oxygen atoms in total. The van der Waals surface area contributed by atoms with Crippen molar-refractivity contribution < 1.29 is 4.57 Å². The highest BCUT2D eigenvalue weighted by molar-refractivity contribution is 5.83. The van der Waals surface area contributed by atoms with Crippen LogP contribution in [-0.4, -0.2) is 0 Å². The minimum atomic E-state index is 0.971. The Hall–Kier alpha value is -2.15. The monoisotopic (exact) mass is 262 g/mol. The van der Waals surface area contributed by atoms with Gasteiger partial charge in [-0.1, -0.05) is 36.4 Å². The summed E-state index contributed by atoms with van der Waals surface area (Å²) in [5.41, 5.74) is 5.47. The lowest BCUT2D eigenvalue weighted by Crippen LogP contribution is -2.33. The van der Waals surface area contributed by atoms with Gasteiger partial charge in [-0.05, 0) is 42.0 Å². The summed E-state index contributed by atoms with van der Waals surface area (Å²) in [5, 5.41) is 2.65. The lowest BCUT2D eigenvalue weighted by atomic mass is 10.00. The first-order valence-corrected chi connectivity index (χ1v) is 7.07. The fraction of sp³-hybridized carbons (Fsp3) is 0.211. The van der Waals surface area contributed by atoms with E-state index in [-0.39, 0.29) is 0 Å². The first-order valence-electron chi connectivity index (χ1n) is 7.07. The molecule has 0 saturated heterocycles. The second-order valence-electron chi connectivity index (χ2n) is 5.56. The quantitative estimate of drug-likeness (QED) is 0.617. The molecule has 0 saturated carbocycles. The van der Waals surface area contributed by atoms with E-state index in [1.165, 1.54) is 33.2 Å². The Morgan fingerprint density at radius 2 is 1.70 bits per heavy atom. The predicted molar refractivity (Wildman–Crippen MR) is 83.8 cm³/mol. The molecule has 0 spiro atoms. The van der Waals surface area contributed by atoms with E-state index in [9.17, 15) is 0 Å². The maximum absolute atomic E-state index is 2.30. The topological polar surface area (TPSA) is 3.88 Å². The smallest absolute Gasteiger partial charge is 0.193 e. The van der Waals surface area contributed by atoms with E-state index in [0.29, 0.717) is 0 Å². The van der Waals surface area contributed by atoms with Crippen LogP contribution in [0.4, 0.5) is 0 Å². The Morgan fingerprint density at radius 1 is 0.900 bits per heavy atom. The van der Waals surface area contributed by atoms with Gasteiger partial charge in [0.05, 0.1) is 6.42 Å². The van der Waals surface area contributed by atoms with E-state index in [1.807, 2.05) is 0 Å². The Morgan fingerprint density at radius 3 is 2.50 bits per heavy atom. The number of nitrogens with zero attached hydrogens (tertiary/aromatic N) is 1. The van der Waals surface area contributed by atoms with Crippen LogP contribution >= 0.6 is 0 Å². The van der Waals surface area contributed by atoms with Crippen LogP contribution in [0.1, 0.15) is 22.4 Å². The molecule has 20 heavy (non-hydrogen) atoms. The summed E-state index contributed by atoms with van der Waals surface area (Å²) in [4.78, 5) is 0. The lowest BCUT2D eigenvalue weighted by Gasteiger charge is -2.07. The second kappa shape index (κ2) is 5.09. The molecule has 1 heteroatoms. The molecular formula is C19H20N+. The number of hydrogen-bond donors (Lipinski definition) is 0. The molecule has 0 aliphatic carbocycles. The molecule has 0 unspecified atom stereocenters. The Labute approximate surface area is 120 Å². The molecule has 0 bridgehead atoms. The van der Waals surface area contributed by atoms with Gasteiger partial charge in [-0.15, -0.1) is 0 Å². The predicted octanol–water partition coefficient (Wildman–Crippen LogP) is 3.87. The van der Waals surface area contributed by atoms with Gasteiger partial charge in [0, 0.05) is 11.5 Å². The lowest BCUT2D eigenvalue weighted by molar-refractivity contribution is -0.677. The molecule has 0 atom stereocenters. The molecule has 3 aromatic rings. The van der Waals surface area contributed by atoms with Crippen molar-refractivity contribution in [1.29, 1.82) is 0 Å². The largest absolute Gasteiger partial charge is 0.204 e.